The number of halogens is 3. The maximum absolute atomic E-state index is 6.06. The van der Waals surface area contributed by atoms with Gasteiger partial charge in [0.05, 0.1) is 10.0 Å². The molecule has 1 atom stereocenters. The van der Waals surface area contributed by atoms with Crippen LogP contribution in [0.3, 0.4) is 0 Å². The minimum absolute atomic E-state index is 0.214. The summed E-state index contributed by atoms with van der Waals surface area (Å²) in [4.78, 5) is 5.45. The van der Waals surface area contributed by atoms with Crippen LogP contribution in [0.5, 0.6) is 0 Å². The average molecular weight is 322 g/mol. The number of anilines is 1. The fraction of sp³-hybridized carbons (Fsp3) is 0.250. The van der Waals surface area contributed by atoms with Gasteiger partial charge in [-0.1, -0.05) is 40.9 Å². The molecule has 0 fully saturated rings. The molecule has 1 unspecified atom stereocenters. The van der Waals surface area contributed by atoms with E-state index in [9.17, 15) is 0 Å². The molecule has 2 rings (SSSR count). The maximum atomic E-state index is 6.06. The first kappa shape index (κ1) is 13.9. The van der Waals surface area contributed by atoms with Gasteiger partial charge in [-0.2, -0.15) is 0 Å². The maximum Gasteiger partial charge on any atom is 0.150 e. The molecule has 0 radical (unpaired) electrons. The molecule has 1 N–H and O–H groups in total. The molecule has 0 bridgehead atoms. The monoisotopic (exact) mass is 320 g/mol. The lowest BCUT2D eigenvalue weighted by Crippen LogP contribution is -2.18. The standard InChI is InChI=1S/C12H11Cl3N2S/c1-7(5-8-3-2-4-18-8)16-12-10(14)6-9(13)11(15)17-12/h2-4,6-7H,5H2,1H3,(H,16,17). The zero-order valence-electron chi connectivity index (χ0n) is 9.58. The molecule has 2 aromatic heterocycles. The highest BCUT2D eigenvalue weighted by molar-refractivity contribution is 7.09. The van der Waals surface area contributed by atoms with Crippen LogP contribution in [0.2, 0.25) is 15.2 Å². The van der Waals surface area contributed by atoms with E-state index < -0.39 is 0 Å². The molecule has 96 valence electrons. The summed E-state index contributed by atoms with van der Waals surface area (Å²) in [6, 6.07) is 5.95. The van der Waals surface area contributed by atoms with E-state index in [1.165, 1.54) is 4.88 Å². The molecule has 18 heavy (non-hydrogen) atoms. The van der Waals surface area contributed by atoms with Crippen LogP contribution in [0.1, 0.15) is 11.8 Å². The SMILES string of the molecule is CC(Cc1cccs1)Nc1nc(Cl)c(Cl)cc1Cl. The number of nitrogens with zero attached hydrogens (tertiary/aromatic N) is 1. The molecule has 0 spiro atoms. The second-order valence-corrected chi connectivity index (χ2v) is 6.12. The molecular formula is C12H11Cl3N2S. The minimum Gasteiger partial charge on any atom is -0.366 e. The predicted molar refractivity (Wildman–Crippen MR) is 80.4 cm³/mol. The highest BCUT2D eigenvalue weighted by Crippen LogP contribution is 2.29. The molecular weight excluding hydrogens is 311 g/mol. The van der Waals surface area contributed by atoms with Gasteiger partial charge in [-0.25, -0.2) is 4.98 Å². The normalized spacial score (nSPS) is 12.4. The number of pyridine rings is 1. The first-order chi connectivity index (χ1) is 8.56. The van der Waals surface area contributed by atoms with E-state index in [4.69, 9.17) is 34.8 Å². The largest absolute Gasteiger partial charge is 0.366 e. The number of hydrogen-bond donors (Lipinski definition) is 1. The quantitative estimate of drug-likeness (QED) is 0.788. The van der Waals surface area contributed by atoms with Crippen molar-refractivity contribution in [1.82, 2.24) is 4.98 Å². The van der Waals surface area contributed by atoms with Gasteiger partial charge in [0, 0.05) is 17.3 Å². The lowest BCUT2D eigenvalue weighted by Gasteiger charge is -2.15. The Kier molecular flexibility index (Phi) is 4.73. The minimum atomic E-state index is 0.214. The van der Waals surface area contributed by atoms with Gasteiger partial charge < -0.3 is 5.32 Å². The van der Waals surface area contributed by atoms with E-state index in [0.29, 0.717) is 15.9 Å². The Morgan fingerprint density at radius 1 is 1.33 bits per heavy atom. The first-order valence-corrected chi connectivity index (χ1v) is 7.38. The fourth-order valence-electron chi connectivity index (χ4n) is 1.56. The summed E-state index contributed by atoms with van der Waals surface area (Å²) in [7, 11) is 0. The molecule has 2 nitrogen and oxygen atoms in total. The summed E-state index contributed by atoms with van der Waals surface area (Å²) in [5.41, 5.74) is 0. The molecule has 0 aliphatic carbocycles. The number of thiophene rings is 1. The van der Waals surface area contributed by atoms with Crippen molar-refractivity contribution in [2.24, 2.45) is 0 Å². The van der Waals surface area contributed by atoms with Crippen molar-refractivity contribution >= 4 is 52.0 Å². The van der Waals surface area contributed by atoms with Crippen molar-refractivity contribution in [2.75, 3.05) is 5.32 Å². The van der Waals surface area contributed by atoms with Crippen molar-refractivity contribution in [3.8, 4) is 0 Å². The first-order valence-electron chi connectivity index (χ1n) is 5.36. The van der Waals surface area contributed by atoms with Crippen LogP contribution in [0.15, 0.2) is 23.6 Å². The summed E-state index contributed by atoms with van der Waals surface area (Å²) in [6.45, 7) is 2.07. The van der Waals surface area contributed by atoms with Crippen LogP contribution >= 0.6 is 46.1 Å². The second kappa shape index (κ2) is 6.11. The average Bonchev–Trinajstić information content (AvgIpc) is 2.78. The second-order valence-electron chi connectivity index (χ2n) is 3.92. The van der Waals surface area contributed by atoms with Gasteiger partial charge in [-0.3, -0.25) is 0 Å². The van der Waals surface area contributed by atoms with Crippen LogP contribution in [0, 0.1) is 0 Å². The number of hydrogen-bond acceptors (Lipinski definition) is 3. The Morgan fingerprint density at radius 2 is 2.11 bits per heavy atom. The van der Waals surface area contributed by atoms with E-state index in [1.807, 2.05) is 6.07 Å². The van der Waals surface area contributed by atoms with Crippen molar-refractivity contribution in [2.45, 2.75) is 19.4 Å². The van der Waals surface area contributed by atoms with Gasteiger partial charge in [-0.15, -0.1) is 11.3 Å². The Bertz CT molecular complexity index is 528. The lowest BCUT2D eigenvalue weighted by atomic mass is 10.2. The third-order valence-electron chi connectivity index (χ3n) is 2.36. The molecule has 0 amide bonds. The third-order valence-corrected chi connectivity index (χ3v) is 4.22. The topological polar surface area (TPSA) is 24.9 Å². The van der Waals surface area contributed by atoms with E-state index in [2.05, 4.69) is 28.7 Å². The number of rotatable bonds is 4. The molecule has 2 heterocycles. The Labute approximate surface area is 125 Å². The van der Waals surface area contributed by atoms with E-state index in [-0.39, 0.29) is 11.2 Å². The summed E-state index contributed by atoms with van der Waals surface area (Å²) < 4.78 is 0. The van der Waals surface area contributed by atoms with E-state index >= 15 is 0 Å². The summed E-state index contributed by atoms with van der Waals surface area (Å²) in [6.07, 6.45) is 0.913. The summed E-state index contributed by atoms with van der Waals surface area (Å²) in [5.74, 6) is 0.565. The molecule has 0 aliphatic heterocycles. The van der Waals surface area contributed by atoms with Gasteiger partial charge in [0.2, 0.25) is 0 Å². The highest BCUT2D eigenvalue weighted by Gasteiger charge is 2.11. The smallest absolute Gasteiger partial charge is 0.150 e. The molecule has 0 aromatic carbocycles. The van der Waals surface area contributed by atoms with Crippen molar-refractivity contribution in [1.29, 1.82) is 0 Å². The van der Waals surface area contributed by atoms with Gasteiger partial charge in [-0.05, 0) is 24.4 Å². The van der Waals surface area contributed by atoms with Gasteiger partial charge in [0.15, 0.2) is 0 Å². The molecule has 0 saturated carbocycles. The summed E-state index contributed by atoms with van der Waals surface area (Å²) in [5, 5.41) is 6.39. The van der Waals surface area contributed by atoms with Crippen molar-refractivity contribution in [3.05, 3.63) is 43.7 Å². The zero-order chi connectivity index (χ0) is 13.1. The highest BCUT2D eigenvalue weighted by atomic mass is 35.5. The fourth-order valence-corrected chi connectivity index (χ4v) is 2.95. The van der Waals surface area contributed by atoms with E-state index in [0.717, 1.165) is 6.42 Å². The predicted octanol–water partition coefficient (Wildman–Crippen LogP) is 5.15. The van der Waals surface area contributed by atoms with Crippen molar-refractivity contribution in [3.63, 3.8) is 0 Å². The van der Waals surface area contributed by atoms with Crippen LogP contribution in [-0.2, 0) is 6.42 Å². The molecule has 0 saturated heterocycles. The molecule has 6 heteroatoms. The van der Waals surface area contributed by atoms with Crippen LogP contribution in [0.4, 0.5) is 5.82 Å². The number of aromatic nitrogens is 1. The Morgan fingerprint density at radius 3 is 2.78 bits per heavy atom. The van der Waals surface area contributed by atoms with Gasteiger partial charge in [0.25, 0.3) is 0 Å². The Hall–Kier alpha value is -0.480. The van der Waals surface area contributed by atoms with Gasteiger partial charge >= 0.3 is 0 Å². The molecule has 2 aromatic rings. The van der Waals surface area contributed by atoms with Crippen LogP contribution in [-0.4, -0.2) is 11.0 Å². The van der Waals surface area contributed by atoms with Crippen LogP contribution in [0.25, 0.3) is 0 Å². The van der Waals surface area contributed by atoms with Gasteiger partial charge in [0.1, 0.15) is 11.0 Å². The summed E-state index contributed by atoms with van der Waals surface area (Å²) >= 11 is 19.5. The van der Waals surface area contributed by atoms with Crippen LogP contribution < -0.4 is 5.32 Å². The van der Waals surface area contributed by atoms with Crippen molar-refractivity contribution < 1.29 is 0 Å². The van der Waals surface area contributed by atoms with E-state index in [1.54, 1.807) is 17.4 Å². The zero-order valence-corrected chi connectivity index (χ0v) is 12.7. The molecule has 0 aliphatic rings. The third kappa shape index (κ3) is 3.51. The lowest BCUT2D eigenvalue weighted by molar-refractivity contribution is 0.794. The number of nitrogens with one attached hydrogen (secondary N) is 1. The Balaban J connectivity index is 2.07.